The molecule has 1 saturated heterocycles. The molecule has 2 aromatic heterocycles. The topological polar surface area (TPSA) is 77.2 Å². The molecule has 7 heteroatoms. The first kappa shape index (κ1) is 16.7. The van der Waals surface area contributed by atoms with Gasteiger partial charge in [-0.2, -0.15) is 0 Å². The summed E-state index contributed by atoms with van der Waals surface area (Å²) in [5, 5.41) is 7.56. The van der Waals surface area contributed by atoms with Gasteiger partial charge in [0, 0.05) is 12.8 Å². The molecule has 3 heterocycles. The van der Waals surface area contributed by atoms with Crippen molar-refractivity contribution in [1.82, 2.24) is 15.5 Å². The van der Waals surface area contributed by atoms with Crippen molar-refractivity contribution in [3.8, 4) is 0 Å². The molecule has 1 amide bonds. The molecule has 134 valence electrons. The highest BCUT2D eigenvalue weighted by molar-refractivity contribution is 5.97. The van der Waals surface area contributed by atoms with Crippen LogP contribution in [0, 0.1) is 12.7 Å². The van der Waals surface area contributed by atoms with Gasteiger partial charge in [-0.05, 0) is 43.5 Å². The smallest absolute Gasteiger partial charge is 0.257 e. The van der Waals surface area contributed by atoms with Crippen molar-refractivity contribution >= 4 is 17.0 Å². The highest BCUT2D eigenvalue weighted by Crippen LogP contribution is 2.28. The number of nitrogens with one attached hydrogen (secondary N) is 1. The predicted molar refractivity (Wildman–Crippen MR) is 92.1 cm³/mol. The number of aromatic nitrogens is 2. The number of benzene rings is 1. The molecule has 1 aromatic carbocycles. The molecule has 1 N–H and O–H groups in total. The van der Waals surface area contributed by atoms with Crippen LogP contribution in [-0.4, -0.2) is 28.8 Å². The molecule has 0 spiro atoms. The maximum absolute atomic E-state index is 13.3. The summed E-state index contributed by atoms with van der Waals surface area (Å²) in [5.74, 6) is -0.589. The van der Waals surface area contributed by atoms with E-state index in [0.29, 0.717) is 29.0 Å². The van der Waals surface area contributed by atoms with Crippen LogP contribution in [0.3, 0.4) is 0 Å². The van der Waals surface area contributed by atoms with Gasteiger partial charge in [-0.15, -0.1) is 0 Å². The first-order valence-corrected chi connectivity index (χ1v) is 8.52. The predicted octanol–water partition coefficient (Wildman–Crippen LogP) is 3.32. The van der Waals surface area contributed by atoms with E-state index >= 15 is 0 Å². The van der Waals surface area contributed by atoms with Gasteiger partial charge in [0.1, 0.15) is 5.82 Å². The largest absolute Gasteiger partial charge is 0.376 e. The van der Waals surface area contributed by atoms with E-state index in [-0.39, 0.29) is 23.9 Å². The minimum atomic E-state index is -0.357. The quantitative estimate of drug-likeness (QED) is 0.777. The van der Waals surface area contributed by atoms with Crippen LogP contribution in [0.25, 0.3) is 11.1 Å². The summed E-state index contributed by atoms with van der Waals surface area (Å²) >= 11 is 0. The monoisotopic (exact) mass is 355 g/mol. The molecule has 1 aliphatic rings. The van der Waals surface area contributed by atoms with Crippen LogP contribution in [-0.2, 0) is 4.74 Å². The molecule has 3 aromatic rings. The molecule has 1 aliphatic heterocycles. The minimum Gasteiger partial charge on any atom is -0.376 e. The SMILES string of the molecule is Cc1noc2ncc(C(=O)N[C@@H](c3ccc(F)cc3)[C@@H]3CCCO3)cc12. The van der Waals surface area contributed by atoms with E-state index < -0.39 is 0 Å². The van der Waals surface area contributed by atoms with E-state index in [0.717, 1.165) is 18.4 Å². The maximum Gasteiger partial charge on any atom is 0.257 e. The number of carbonyl (C=O) groups excluding carboxylic acids is 1. The highest BCUT2D eigenvalue weighted by atomic mass is 19.1. The number of amides is 1. The van der Waals surface area contributed by atoms with Gasteiger partial charge in [0.25, 0.3) is 11.6 Å². The zero-order valence-corrected chi connectivity index (χ0v) is 14.2. The average molecular weight is 355 g/mol. The van der Waals surface area contributed by atoms with E-state index in [4.69, 9.17) is 9.26 Å². The Morgan fingerprint density at radius 1 is 1.35 bits per heavy atom. The number of nitrogens with zero attached hydrogens (tertiary/aromatic N) is 2. The number of halogens is 1. The number of rotatable bonds is 4. The molecular weight excluding hydrogens is 337 g/mol. The fraction of sp³-hybridized carbons (Fsp3) is 0.316. The van der Waals surface area contributed by atoms with Crippen LogP contribution >= 0.6 is 0 Å². The van der Waals surface area contributed by atoms with Crippen LogP contribution < -0.4 is 5.32 Å². The fourth-order valence-corrected chi connectivity index (χ4v) is 3.22. The standard InChI is InChI=1S/C19H18FN3O3/c1-11-15-9-13(10-21-19(15)26-23-11)18(24)22-17(16-3-2-8-25-16)12-4-6-14(20)7-5-12/h4-7,9-10,16-17H,2-3,8H2,1H3,(H,22,24)/t16-,17-/m0/s1. The third-order valence-corrected chi connectivity index (χ3v) is 4.62. The van der Waals surface area contributed by atoms with Crippen molar-refractivity contribution in [2.24, 2.45) is 0 Å². The third kappa shape index (κ3) is 3.17. The van der Waals surface area contributed by atoms with E-state index in [1.165, 1.54) is 18.3 Å². The van der Waals surface area contributed by atoms with Crippen molar-refractivity contribution in [2.45, 2.75) is 31.9 Å². The van der Waals surface area contributed by atoms with E-state index in [9.17, 15) is 9.18 Å². The molecule has 1 fully saturated rings. The molecule has 4 rings (SSSR count). The molecule has 0 bridgehead atoms. The van der Waals surface area contributed by atoms with Gasteiger partial charge in [-0.3, -0.25) is 4.79 Å². The summed E-state index contributed by atoms with van der Waals surface area (Å²) in [6.45, 7) is 2.45. The Kier molecular flexibility index (Phi) is 4.38. The average Bonchev–Trinajstić information content (AvgIpc) is 3.30. The normalized spacial score (nSPS) is 18.2. The van der Waals surface area contributed by atoms with Crippen LogP contribution in [0.1, 0.15) is 40.5 Å². The molecule has 0 aliphatic carbocycles. The molecule has 2 atom stereocenters. The van der Waals surface area contributed by atoms with Crippen LogP contribution in [0.4, 0.5) is 4.39 Å². The molecule has 6 nitrogen and oxygen atoms in total. The van der Waals surface area contributed by atoms with Crippen LogP contribution in [0.2, 0.25) is 0 Å². The summed E-state index contributed by atoms with van der Waals surface area (Å²) in [6.07, 6.45) is 3.09. The third-order valence-electron chi connectivity index (χ3n) is 4.62. The molecule has 0 radical (unpaired) electrons. The van der Waals surface area contributed by atoms with Gasteiger partial charge in [-0.1, -0.05) is 17.3 Å². The number of hydrogen-bond donors (Lipinski definition) is 1. The number of aryl methyl sites for hydroxylation is 1. The summed E-state index contributed by atoms with van der Waals surface area (Å²) in [7, 11) is 0. The Balaban J connectivity index is 1.62. The Bertz CT molecular complexity index is 933. The molecule has 0 unspecified atom stereocenters. The molecule has 26 heavy (non-hydrogen) atoms. The van der Waals surface area contributed by atoms with Gasteiger partial charge >= 0.3 is 0 Å². The van der Waals surface area contributed by atoms with E-state index in [1.54, 1.807) is 25.1 Å². The second kappa shape index (κ2) is 6.84. The van der Waals surface area contributed by atoms with Gasteiger partial charge < -0.3 is 14.6 Å². The van der Waals surface area contributed by atoms with Crippen LogP contribution in [0.5, 0.6) is 0 Å². The summed E-state index contributed by atoms with van der Waals surface area (Å²) in [6, 6.07) is 7.47. The number of carbonyl (C=O) groups is 1. The maximum atomic E-state index is 13.3. The Hall–Kier alpha value is -2.80. The number of pyridine rings is 1. The number of hydrogen-bond acceptors (Lipinski definition) is 5. The van der Waals surface area contributed by atoms with Gasteiger partial charge in [0.05, 0.1) is 28.8 Å². The van der Waals surface area contributed by atoms with Crippen molar-refractivity contribution in [1.29, 1.82) is 0 Å². The van der Waals surface area contributed by atoms with Crippen LogP contribution in [0.15, 0.2) is 41.1 Å². The number of fused-ring (bicyclic) bond motifs is 1. The zero-order valence-electron chi connectivity index (χ0n) is 14.2. The summed E-state index contributed by atoms with van der Waals surface area (Å²) in [5.41, 5.74) is 2.29. The van der Waals surface area contributed by atoms with Crippen molar-refractivity contribution in [3.05, 3.63) is 59.2 Å². The molecular formula is C19H18FN3O3. The lowest BCUT2D eigenvalue weighted by molar-refractivity contribution is 0.0672. The zero-order chi connectivity index (χ0) is 18.1. The minimum absolute atomic E-state index is 0.140. The Morgan fingerprint density at radius 2 is 2.15 bits per heavy atom. The summed E-state index contributed by atoms with van der Waals surface area (Å²) in [4.78, 5) is 16.9. The van der Waals surface area contributed by atoms with Crippen molar-refractivity contribution < 1.29 is 18.4 Å². The van der Waals surface area contributed by atoms with Crippen molar-refractivity contribution in [3.63, 3.8) is 0 Å². The lowest BCUT2D eigenvalue weighted by atomic mass is 9.98. The Labute approximate surface area is 149 Å². The first-order valence-electron chi connectivity index (χ1n) is 8.52. The van der Waals surface area contributed by atoms with Gasteiger partial charge in [0.2, 0.25) is 0 Å². The lowest BCUT2D eigenvalue weighted by Gasteiger charge is -2.24. The Morgan fingerprint density at radius 3 is 2.88 bits per heavy atom. The first-order chi connectivity index (χ1) is 12.6. The van der Waals surface area contributed by atoms with Gasteiger partial charge in [0.15, 0.2) is 0 Å². The summed E-state index contributed by atoms with van der Waals surface area (Å²) < 4.78 is 24.1. The number of ether oxygens (including phenoxy) is 1. The van der Waals surface area contributed by atoms with Gasteiger partial charge in [-0.25, -0.2) is 9.37 Å². The second-order valence-electron chi connectivity index (χ2n) is 6.40. The highest BCUT2D eigenvalue weighted by Gasteiger charge is 2.29. The van der Waals surface area contributed by atoms with E-state index in [1.807, 2.05) is 0 Å². The van der Waals surface area contributed by atoms with Crippen molar-refractivity contribution in [2.75, 3.05) is 6.61 Å². The molecule has 0 saturated carbocycles. The van der Waals surface area contributed by atoms with E-state index in [2.05, 4.69) is 15.5 Å². The lowest BCUT2D eigenvalue weighted by Crippen LogP contribution is -2.36. The fourth-order valence-electron chi connectivity index (χ4n) is 3.22. The second-order valence-corrected chi connectivity index (χ2v) is 6.40.